The third-order valence-electron chi connectivity index (χ3n) is 5.75. The summed E-state index contributed by atoms with van der Waals surface area (Å²) in [5.41, 5.74) is 8.22. The summed E-state index contributed by atoms with van der Waals surface area (Å²) >= 11 is 0. The van der Waals surface area contributed by atoms with E-state index in [2.05, 4.69) is 46.0 Å². The highest BCUT2D eigenvalue weighted by molar-refractivity contribution is 5.54. The molecule has 32 heavy (non-hydrogen) atoms. The lowest BCUT2D eigenvalue weighted by atomic mass is 9.73. The Morgan fingerprint density at radius 3 is 2.56 bits per heavy atom. The number of hydrogen-bond donors (Lipinski definition) is 1. The maximum atomic E-state index is 5.62. The van der Waals surface area contributed by atoms with E-state index >= 15 is 0 Å². The predicted molar refractivity (Wildman–Crippen MR) is 118 cm³/mol. The average Bonchev–Trinajstić information content (AvgIpc) is 3.47. The van der Waals surface area contributed by atoms with Gasteiger partial charge in [0.15, 0.2) is 5.82 Å². The molecule has 0 saturated carbocycles. The number of nitrogen functional groups attached to an aromatic ring is 1. The largest absolute Gasteiger partial charge is 0.383 e. The highest BCUT2D eigenvalue weighted by Crippen LogP contribution is 2.38. The van der Waals surface area contributed by atoms with E-state index in [0.717, 1.165) is 11.1 Å². The number of hydrogen-bond acceptors (Lipinski definition) is 9. The molecule has 0 aliphatic heterocycles. The molecule has 0 amide bonds. The van der Waals surface area contributed by atoms with Crippen molar-refractivity contribution in [1.82, 2.24) is 34.9 Å². The summed E-state index contributed by atoms with van der Waals surface area (Å²) < 4.78 is 12.5. The van der Waals surface area contributed by atoms with Gasteiger partial charge in [0.1, 0.15) is 11.5 Å². The molecule has 10 heteroatoms. The monoisotopic (exact) mass is 434 g/mol. The van der Waals surface area contributed by atoms with Gasteiger partial charge in [-0.05, 0) is 24.5 Å². The van der Waals surface area contributed by atoms with Crippen molar-refractivity contribution < 1.29 is 9.26 Å². The third-order valence-corrected chi connectivity index (χ3v) is 5.75. The first-order valence-corrected chi connectivity index (χ1v) is 10.3. The number of nitrogens with two attached hydrogens (primary N) is 1. The van der Waals surface area contributed by atoms with Crippen molar-refractivity contribution in [2.45, 2.75) is 32.7 Å². The lowest BCUT2D eigenvalue weighted by Gasteiger charge is -2.30. The second kappa shape index (κ2) is 8.83. The fourth-order valence-corrected chi connectivity index (χ4v) is 3.38. The minimum atomic E-state index is -0.508. The number of aromatic nitrogens is 7. The second-order valence-corrected chi connectivity index (χ2v) is 8.02. The van der Waals surface area contributed by atoms with Crippen molar-refractivity contribution in [2.75, 3.05) is 19.5 Å². The van der Waals surface area contributed by atoms with Crippen LogP contribution >= 0.6 is 0 Å². The Morgan fingerprint density at radius 1 is 1.09 bits per heavy atom. The molecule has 2 N–H and O–H groups in total. The maximum Gasteiger partial charge on any atom is 0.261 e. The van der Waals surface area contributed by atoms with Gasteiger partial charge in [-0.3, -0.25) is 9.67 Å². The molecule has 4 rings (SSSR count). The van der Waals surface area contributed by atoms with Gasteiger partial charge in [-0.2, -0.15) is 10.1 Å². The van der Waals surface area contributed by atoms with Crippen LogP contribution in [-0.2, 0) is 16.7 Å². The second-order valence-electron chi connectivity index (χ2n) is 8.02. The van der Waals surface area contributed by atoms with Crippen LogP contribution in [0.5, 0.6) is 0 Å². The molecule has 4 aromatic heterocycles. The Hall–Kier alpha value is -3.66. The fraction of sp³-hybridized carbons (Fsp3) is 0.364. The van der Waals surface area contributed by atoms with E-state index in [1.807, 2.05) is 24.5 Å². The topological polar surface area (TPSA) is 131 Å². The predicted octanol–water partition coefficient (Wildman–Crippen LogP) is 2.98. The van der Waals surface area contributed by atoms with Crippen molar-refractivity contribution in [3.63, 3.8) is 0 Å². The van der Waals surface area contributed by atoms with E-state index < -0.39 is 5.41 Å². The summed E-state index contributed by atoms with van der Waals surface area (Å²) in [6, 6.07) is 3.93. The molecule has 1 unspecified atom stereocenters. The van der Waals surface area contributed by atoms with Crippen LogP contribution in [0.2, 0.25) is 0 Å². The molecule has 0 radical (unpaired) electrons. The Morgan fingerprint density at radius 2 is 1.91 bits per heavy atom. The summed E-state index contributed by atoms with van der Waals surface area (Å²) in [5, 5.41) is 8.63. The first kappa shape index (κ1) is 21.6. The third kappa shape index (κ3) is 4.09. The molecular weight excluding hydrogens is 408 g/mol. The molecule has 0 fully saturated rings. The summed E-state index contributed by atoms with van der Waals surface area (Å²) in [7, 11) is 1.66. The van der Waals surface area contributed by atoms with Crippen LogP contribution in [0.1, 0.15) is 32.2 Å². The van der Waals surface area contributed by atoms with Gasteiger partial charge in [-0.1, -0.05) is 25.1 Å². The lowest BCUT2D eigenvalue weighted by molar-refractivity contribution is 0.183. The van der Waals surface area contributed by atoms with E-state index in [-0.39, 0.29) is 5.92 Å². The zero-order chi connectivity index (χ0) is 22.7. The van der Waals surface area contributed by atoms with Crippen molar-refractivity contribution >= 4 is 5.82 Å². The summed E-state index contributed by atoms with van der Waals surface area (Å²) in [6.07, 6.45) is 8.53. The zero-order valence-corrected chi connectivity index (χ0v) is 18.6. The van der Waals surface area contributed by atoms with Crippen LogP contribution in [0.4, 0.5) is 5.82 Å². The van der Waals surface area contributed by atoms with Crippen molar-refractivity contribution in [1.29, 1.82) is 0 Å². The van der Waals surface area contributed by atoms with Gasteiger partial charge < -0.3 is 15.0 Å². The average molecular weight is 435 g/mol. The van der Waals surface area contributed by atoms with Crippen LogP contribution in [0.15, 0.2) is 47.6 Å². The summed E-state index contributed by atoms with van der Waals surface area (Å²) in [6.45, 7) is 7.56. The number of methoxy groups -OCH3 is 1. The number of rotatable bonds is 8. The standard InChI is InChI=1S/C22H26N8O2/c1-14(2)22(3,16-5-6-17(24-10-16)18-11-26-19(23)12-25-18)21-28-20(32-29-21)15-9-27-30(13-15)7-8-31-4/h5-6,9-14H,7-8H2,1-4H3,(H2,23,26). The minimum absolute atomic E-state index is 0.182. The Bertz CT molecular complexity index is 1170. The fourth-order valence-electron chi connectivity index (χ4n) is 3.38. The summed E-state index contributed by atoms with van der Waals surface area (Å²) in [5.74, 6) is 1.57. The smallest absolute Gasteiger partial charge is 0.261 e. The quantitative estimate of drug-likeness (QED) is 0.444. The van der Waals surface area contributed by atoms with Crippen molar-refractivity contribution in [3.05, 3.63) is 54.5 Å². The number of ether oxygens (including phenoxy) is 1. The van der Waals surface area contributed by atoms with Gasteiger partial charge in [0, 0.05) is 19.5 Å². The van der Waals surface area contributed by atoms with Gasteiger partial charge in [-0.25, -0.2) is 9.97 Å². The molecular formula is C22H26N8O2. The highest BCUT2D eigenvalue weighted by Gasteiger charge is 2.38. The lowest BCUT2D eigenvalue weighted by Crippen LogP contribution is -2.31. The molecule has 0 spiro atoms. The van der Waals surface area contributed by atoms with E-state index in [1.54, 1.807) is 24.2 Å². The number of pyridine rings is 1. The van der Waals surface area contributed by atoms with Crippen LogP contribution in [0.3, 0.4) is 0 Å². The SMILES string of the molecule is COCCn1cc(-c2nc(C(C)(c3ccc(-c4cnc(N)cn4)nc3)C(C)C)no2)cn1. The Kier molecular flexibility index (Phi) is 5.95. The Balaban J connectivity index is 1.63. The van der Waals surface area contributed by atoms with Gasteiger partial charge >= 0.3 is 0 Å². The zero-order valence-electron chi connectivity index (χ0n) is 18.6. The Labute approximate surface area is 185 Å². The molecule has 0 saturated heterocycles. The first-order chi connectivity index (χ1) is 15.4. The maximum absolute atomic E-state index is 5.62. The molecule has 0 bridgehead atoms. The molecule has 4 heterocycles. The van der Waals surface area contributed by atoms with Gasteiger partial charge in [0.2, 0.25) is 0 Å². The molecule has 0 aliphatic carbocycles. The number of anilines is 1. The van der Waals surface area contributed by atoms with Gasteiger partial charge in [0.25, 0.3) is 5.89 Å². The van der Waals surface area contributed by atoms with E-state index in [0.29, 0.717) is 42.1 Å². The molecule has 0 aliphatic rings. The molecule has 0 aromatic carbocycles. The van der Waals surface area contributed by atoms with Crippen LogP contribution < -0.4 is 5.73 Å². The van der Waals surface area contributed by atoms with Crippen LogP contribution in [0, 0.1) is 5.92 Å². The minimum Gasteiger partial charge on any atom is -0.383 e. The van der Waals surface area contributed by atoms with E-state index in [4.69, 9.17) is 20.0 Å². The van der Waals surface area contributed by atoms with E-state index in [9.17, 15) is 0 Å². The highest BCUT2D eigenvalue weighted by atomic mass is 16.5. The van der Waals surface area contributed by atoms with Crippen molar-refractivity contribution in [2.24, 2.45) is 5.92 Å². The van der Waals surface area contributed by atoms with E-state index in [1.165, 1.54) is 6.20 Å². The summed E-state index contributed by atoms with van der Waals surface area (Å²) in [4.78, 5) is 17.7. The van der Waals surface area contributed by atoms with Crippen molar-refractivity contribution in [3.8, 4) is 22.8 Å². The first-order valence-electron chi connectivity index (χ1n) is 10.3. The molecule has 166 valence electrons. The number of nitrogens with zero attached hydrogens (tertiary/aromatic N) is 7. The van der Waals surface area contributed by atoms with Gasteiger partial charge in [0.05, 0.1) is 48.4 Å². The van der Waals surface area contributed by atoms with Gasteiger partial charge in [-0.15, -0.1) is 0 Å². The molecule has 1 atom stereocenters. The van der Waals surface area contributed by atoms with Crippen LogP contribution in [-0.4, -0.2) is 48.6 Å². The van der Waals surface area contributed by atoms with Crippen LogP contribution in [0.25, 0.3) is 22.8 Å². The normalized spacial score (nSPS) is 13.4. The molecule has 4 aromatic rings. The molecule has 10 nitrogen and oxygen atoms in total.